The van der Waals surface area contributed by atoms with Gasteiger partial charge in [-0.1, -0.05) is 6.08 Å². The summed E-state index contributed by atoms with van der Waals surface area (Å²) in [6, 6.07) is 12.1. The molecule has 0 aliphatic rings. The molecule has 0 unspecified atom stereocenters. The number of nitrogens with zero attached hydrogens (tertiary/aromatic N) is 5. The lowest BCUT2D eigenvalue weighted by Gasteiger charge is -2.11. The molecule has 0 atom stereocenters. The highest BCUT2D eigenvalue weighted by Gasteiger charge is 2.13. The highest BCUT2D eigenvalue weighted by atomic mass is 16.1. The van der Waals surface area contributed by atoms with Crippen LogP contribution in [0, 0.1) is 0 Å². The molecule has 1 aromatic carbocycles. The molecule has 5 aromatic rings. The smallest absolute Gasteiger partial charge is 0.248 e. The highest BCUT2D eigenvalue weighted by molar-refractivity contribution is 6.01. The lowest BCUT2D eigenvalue weighted by atomic mass is 9.98. The predicted octanol–water partition coefficient (Wildman–Crippen LogP) is 4.79. The zero-order valence-corrected chi connectivity index (χ0v) is 21.9. The number of nitrogens with one attached hydrogen (secondary N) is 3. The molecule has 4 heterocycles. The number of hydrogen-bond acceptors (Lipinski definition) is 6. The molecular formula is C29H30N8O. The summed E-state index contributed by atoms with van der Waals surface area (Å²) < 4.78 is 1.76. The van der Waals surface area contributed by atoms with E-state index in [0.717, 1.165) is 50.2 Å². The van der Waals surface area contributed by atoms with Crippen LogP contribution in [0.2, 0.25) is 0 Å². The number of pyridine rings is 2. The Balaban J connectivity index is 1.56. The predicted molar refractivity (Wildman–Crippen MR) is 153 cm³/mol. The van der Waals surface area contributed by atoms with Crippen LogP contribution < -0.4 is 10.6 Å². The fourth-order valence-electron chi connectivity index (χ4n) is 4.29. The van der Waals surface area contributed by atoms with Crippen LogP contribution >= 0.6 is 0 Å². The number of likely N-dealkylation sites (N-methyl/N-ethyl adjacent to an activating group) is 1. The van der Waals surface area contributed by atoms with E-state index in [2.05, 4.69) is 37.8 Å². The molecule has 192 valence electrons. The van der Waals surface area contributed by atoms with Crippen molar-refractivity contribution in [2.75, 3.05) is 38.3 Å². The molecule has 9 heteroatoms. The Bertz CT molecular complexity index is 1630. The third-order valence-corrected chi connectivity index (χ3v) is 6.17. The summed E-state index contributed by atoms with van der Waals surface area (Å²) in [4.78, 5) is 26.9. The summed E-state index contributed by atoms with van der Waals surface area (Å²) in [5.41, 5.74) is 7.35. The Labute approximate surface area is 221 Å². The van der Waals surface area contributed by atoms with E-state index in [1.807, 2.05) is 88.2 Å². The molecule has 1 amide bonds. The number of carbonyl (C=O) groups excluding carboxylic acids is 1. The van der Waals surface area contributed by atoms with Crippen LogP contribution in [-0.2, 0) is 11.8 Å². The summed E-state index contributed by atoms with van der Waals surface area (Å²) in [6.07, 6.45) is 12.8. The number of hydrogen-bond donors (Lipinski definition) is 3. The number of fused-ring (bicyclic) bond motifs is 1. The molecule has 5 rings (SSSR count). The normalized spacial score (nSPS) is 11.5. The first kappa shape index (κ1) is 24.9. The average Bonchev–Trinajstić information content (AvgIpc) is 3.54. The maximum absolute atomic E-state index is 12.6. The first-order valence-corrected chi connectivity index (χ1v) is 12.3. The van der Waals surface area contributed by atoms with Crippen molar-refractivity contribution in [2.45, 2.75) is 0 Å². The molecule has 0 fully saturated rings. The molecule has 0 saturated carbocycles. The van der Waals surface area contributed by atoms with E-state index >= 15 is 0 Å². The number of amides is 1. The van der Waals surface area contributed by atoms with E-state index in [4.69, 9.17) is 4.98 Å². The number of carbonyl (C=O) groups is 1. The highest BCUT2D eigenvalue weighted by Crippen LogP contribution is 2.34. The number of anilines is 2. The first-order valence-electron chi connectivity index (χ1n) is 12.3. The van der Waals surface area contributed by atoms with Crippen molar-refractivity contribution in [1.82, 2.24) is 29.6 Å². The van der Waals surface area contributed by atoms with E-state index in [9.17, 15) is 4.79 Å². The quantitative estimate of drug-likeness (QED) is 0.262. The number of aryl methyl sites for hydroxylation is 1. The molecule has 0 aliphatic heterocycles. The summed E-state index contributed by atoms with van der Waals surface area (Å²) in [5.74, 6) is 0.616. The lowest BCUT2D eigenvalue weighted by molar-refractivity contribution is -0.111. The van der Waals surface area contributed by atoms with Gasteiger partial charge in [0.25, 0.3) is 0 Å². The van der Waals surface area contributed by atoms with Crippen molar-refractivity contribution in [3.05, 3.63) is 79.5 Å². The minimum atomic E-state index is -0.180. The van der Waals surface area contributed by atoms with Gasteiger partial charge in [0.15, 0.2) is 0 Å². The fourth-order valence-corrected chi connectivity index (χ4v) is 4.29. The minimum Gasteiger partial charge on any atom is -0.373 e. The monoisotopic (exact) mass is 506 g/mol. The molecule has 3 N–H and O–H groups in total. The average molecular weight is 507 g/mol. The molecule has 0 bridgehead atoms. The molecule has 0 radical (unpaired) electrons. The molecule has 38 heavy (non-hydrogen) atoms. The van der Waals surface area contributed by atoms with E-state index in [1.165, 1.54) is 0 Å². The zero-order chi connectivity index (χ0) is 26.6. The van der Waals surface area contributed by atoms with E-state index in [1.54, 1.807) is 17.0 Å². The van der Waals surface area contributed by atoms with Crippen LogP contribution in [0.5, 0.6) is 0 Å². The van der Waals surface area contributed by atoms with Gasteiger partial charge in [-0.25, -0.2) is 9.97 Å². The maximum Gasteiger partial charge on any atom is 0.248 e. The van der Waals surface area contributed by atoms with Crippen molar-refractivity contribution in [3.8, 4) is 33.4 Å². The van der Waals surface area contributed by atoms with Crippen molar-refractivity contribution in [3.63, 3.8) is 0 Å². The Hall–Kier alpha value is -4.76. The summed E-state index contributed by atoms with van der Waals surface area (Å²) >= 11 is 0. The Morgan fingerprint density at radius 1 is 1.03 bits per heavy atom. The van der Waals surface area contributed by atoms with Crippen LogP contribution in [0.25, 0.3) is 44.4 Å². The molecule has 0 spiro atoms. The van der Waals surface area contributed by atoms with Gasteiger partial charge in [0.1, 0.15) is 11.5 Å². The largest absolute Gasteiger partial charge is 0.373 e. The Morgan fingerprint density at radius 2 is 1.84 bits per heavy atom. The minimum absolute atomic E-state index is 0.180. The summed E-state index contributed by atoms with van der Waals surface area (Å²) in [5, 5.41) is 11.4. The van der Waals surface area contributed by atoms with Gasteiger partial charge in [0, 0.05) is 79.3 Å². The van der Waals surface area contributed by atoms with Gasteiger partial charge in [-0.2, -0.15) is 5.10 Å². The fraction of sp³-hybridized carbons (Fsp3) is 0.172. The van der Waals surface area contributed by atoms with Crippen LogP contribution in [-0.4, -0.2) is 63.2 Å². The molecule has 0 aliphatic carbocycles. The second-order valence-corrected chi connectivity index (χ2v) is 9.36. The molecule has 9 nitrogen and oxygen atoms in total. The van der Waals surface area contributed by atoms with Crippen molar-refractivity contribution >= 4 is 28.4 Å². The van der Waals surface area contributed by atoms with E-state index < -0.39 is 0 Å². The van der Waals surface area contributed by atoms with Crippen molar-refractivity contribution in [1.29, 1.82) is 0 Å². The topological polar surface area (TPSA) is 104 Å². The number of aromatic nitrogens is 5. The van der Waals surface area contributed by atoms with Crippen LogP contribution in [0.4, 0.5) is 11.5 Å². The van der Waals surface area contributed by atoms with Gasteiger partial charge in [-0.3, -0.25) is 9.48 Å². The van der Waals surface area contributed by atoms with E-state index in [0.29, 0.717) is 12.2 Å². The second-order valence-electron chi connectivity index (χ2n) is 9.36. The van der Waals surface area contributed by atoms with Gasteiger partial charge < -0.3 is 20.5 Å². The third-order valence-electron chi connectivity index (χ3n) is 6.17. The Kier molecular flexibility index (Phi) is 7.01. The standard InChI is InChI=1S/C29H30N8O/c1-30-27-14-19(7-8-31-27)26-17-33-29-25(26)13-22(15-32-29)20-10-21(23-16-34-37(4)18-23)12-24(11-20)35-28(38)6-5-9-36(2)3/h5-8,10-18H,9H2,1-4H3,(H,30,31)(H,32,33)(H,35,38)/b6-5+. The van der Waals surface area contributed by atoms with Crippen molar-refractivity contribution < 1.29 is 4.79 Å². The van der Waals surface area contributed by atoms with E-state index in [-0.39, 0.29) is 5.91 Å². The van der Waals surface area contributed by atoms with Crippen molar-refractivity contribution in [2.24, 2.45) is 7.05 Å². The van der Waals surface area contributed by atoms with Gasteiger partial charge >= 0.3 is 0 Å². The zero-order valence-electron chi connectivity index (χ0n) is 21.9. The third kappa shape index (κ3) is 5.47. The lowest BCUT2D eigenvalue weighted by Crippen LogP contribution is -2.13. The molecule has 4 aromatic heterocycles. The number of benzene rings is 1. The molecule has 0 saturated heterocycles. The van der Waals surface area contributed by atoms with Gasteiger partial charge in [0.2, 0.25) is 5.91 Å². The van der Waals surface area contributed by atoms with Gasteiger partial charge in [-0.15, -0.1) is 0 Å². The Morgan fingerprint density at radius 3 is 2.58 bits per heavy atom. The van der Waals surface area contributed by atoms with Crippen LogP contribution in [0.15, 0.2) is 79.5 Å². The first-order chi connectivity index (χ1) is 18.4. The number of H-pyrrole nitrogens is 1. The maximum atomic E-state index is 12.6. The molecular weight excluding hydrogens is 476 g/mol. The number of rotatable bonds is 8. The number of aromatic amines is 1. The summed E-state index contributed by atoms with van der Waals surface area (Å²) in [7, 11) is 7.65. The van der Waals surface area contributed by atoms with Gasteiger partial charge in [-0.05, 0) is 67.2 Å². The van der Waals surface area contributed by atoms with Crippen LogP contribution in [0.3, 0.4) is 0 Å². The van der Waals surface area contributed by atoms with Crippen LogP contribution in [0.1, 0.15) is 0 Å². The van der Waals surface area contributed by atoms with Gasteiger partial charge in [0.05, 0.1) is 6.20 Å². The summed E-state index contributed by atoms with van der Waals surface area (Å²) in [6.45, 7) is 0.687. The SMILES string of the molecule is CNc1cc(-c2c[nH]c3ncc(-c4cc(NC(=O)/C=C/CN(C)C)cc(-c5cnn(C)c5)c4)cc23)ccn1. The second kappa shape index (κ2) is 10.7.